The van der Waals surface area contributed by atoms with Crippen LogP contribution in [0.5, 0.6) is 11.5 Å². The Balaban J connectivity index is 3.21. The normalized spacial score (nSPS) is 12.3. The van der Waals surface area contributed by atoms with Crippen LogP contribution >= 0.6 is 0 Å². The van der Waals surface area contributed by atoms with Crippen molar-refractivity contribution in [1.82, 2.24) is 0 Å². The SMILES string of the molecule is CC(C)(C)[Si](C)(C)Oc1cccc(O)c1[N+](=O)[O-]. The summed E-state index contributed by atoms with van der Waals surface area (Å²) in [4.78, 5) is 10.3. The average molecular weight is 269 g/mol. The molecule has 0 heterocycles. The lowest BCUT2D eigenvalue weighted by atomic mass is 10.2. The van der Waals surface area contributed by atoms with Gasteiger partial charge >= 0.3 is 5.69 Å². The number of phenolic OH excluding ortho intramolecular Hbond substituents is 1. The second-order valence-electron chi connectivity index (χ2n) is 5.74. The number of rotatable bonds is 3. The van der Waals surface area contributed by atoms with E-state index in [0.29, 0.717) is 0 Å². The second kappa shape index (κ2) is 4.60. The number of nitro groups is 1. The molecule has 1 aromatic carbocycles. The Morgan fingerprint density at radius 1 is 1.33 bits per heavy atom. The van der Waals surface area contributed by atoms with Crippen molar-refractivity contribution >= 4 is 14.0 Å². The van der Waals surface area contributed by atoms with Gasteiger partial charge in [-0.25, -0.2) is 0 Å². The van der Waals surface area contributed by atoms with E-state index in [0.717, 1.165) is 0 Å². The Morgan fingerprint density at radius 2 is 1.89 bits per heavy atom. The highest BCUT2D eigenvalue weighted by Gasteiger charge is 2.40. The molecule has 0 atom stereocenters. The minimum Gasteiger partial charge on any atom is -0.539 e. The van der Waals surface area contributed by atoms with Crippen LogP contribution in [0.25, 0.3) is 0 Å². The van der Waals surface area contributed by atoms with Crippen molar-refractivity contribution in [2.75, 3.05) is 0 Å². The summed E-state index contributed by atoms with van der Waals surface area (Å²) < 4.78 is 5.88. The Kier molecular flexibility index (Phi) is 3.71. The van der Waals surface area contributed by atoms with Gasteiger partial charge in [-0.3, -0.25) is 10.1 Å². The van der Waals surface area contributed by atoms with Gasteiger partial charge in [0.05, 0.1) is 4.92 Å². The molecular formula is C12H19NO4Si. The zero-order valence-corrected chi connectivity index (χ0v) is 12.4. The summed E-state index contributed by atoms with van der Waals surface area (Å²) in [5, 5.41) is 20.5. The summed E-state index contributed by atoms with van der Waals surface area (Å²) in [5.41, 5.74) is -0.359. The van der Waals surface area contributed by atoms with Gasteiger partial charge in [0, 0.05) is 0 Å². The smallest absolute Gasteiger partial charge is 0.350 e. The average Bonchev–Trinajstić information content (AvgIpc) is 2.14. The molecule has 18 heavy (non-hydrogen) atoms. The summed E-state index contributed by atoms with van der Waals surface area (Å²) in [7, 11) is -2.16. The third-order valence-corrected chi connectivity index (χ3v) is 7.67. The molecule has 0 bridgehead atoms. The van der Waals surface area contributed by atoms with Crippen LogP contribution in [0.2, 0.25) is 18.1 Å². The van der Waals surface area contributed by atoms with Gasteiger partial charge < -0.3 is 9.53 Å². The Morgan fingerprint density at radius 3 is 2.33 bits per heavy atom. The summed E-state index contributed by atoms with van der Waals surface area (Å²) in [6, 6.07) is 4.36. The fourth-order valence-corrected chi connectivity index (χ4v) is 2.23. The van der Waals surface area contributed by atoms with E-state index < -0.39 is 13.2 Å². The number of hydrogen-bond acceptors (Lipinski definition) is 4. The molecule has 0 aromatic heterocycles. The van der Waals surface area contributed by atoms with Gasteiger partial charge in [0.25, 0.3) is 8.32 Å². The minimum absolute atomic E-state index is 0.0632. The van der Waals surface area contributed by atoms with Crippen molar-refractivity contribution in [3.63, 3.8) is 0 Å². The van der Waals surface area contributed by atoms with Crippen molar-refractivity contribution in [2.24, 2.45) is 0 Å². The highest BCUT2D eigenvalue weighted by Crippen LogP contribution is 2.42. The maximum Gasteiger partial charge on any atom is 0.350 e. The molecule has 0 radical (unpaired) electrons. The maximum absolute atomic E-state index is 11.0. The van der Waals surface area contributed by atoms with Gasteiger partial charge in [0.1, 0.15) is 0 Å². The number of benzene rings is 1. The van der Waals surface area contributed by atoms with Gasteiger partial charge in [-0.05, 0) is 30.3 Å². The zero-order chi connectivity index (χ0) is 14.1. The van der Waals surface area contributed by atoms with Crippen LogP contribution in [0.1, 0.15) is 20.8 Å². The molecule has 0 aliphatic rings. The zero-order valence-electron chi connectivity index (χ0n) is 11.4. The molecule has 0 aliphatic heterocycles. The van der Waals surface area contributed by atoms with Gasteiger partial charge in [-0.15, -0.1) is 0 Å². The van der Waals surface area contributed by atoms with Crippen molar-refractivity contribution in [2.45, 2.75) is 38.9 Å². The van der Waals surface area contributed by atoms with E-state index in [4.69, 9.17) is 4.43 Å². The predicted octanol–water partition coefficient (Wildman–Crippen LogP) is 3.68. The third kappa shape index (κ3) is 2.81. The van der Waals surface area contributed by atoms with Crippen molar-refractivity contribution in [1.29, 1.82) is 0 Å². The number of hydrogen-bond donors (Lipinski definition) is 1. The summed E-state index contributed by atoms with van der Waals surface area (Å²) in [5.74, 6) is -0.220. The first kappa shape index (κ1) is 14.5. The molecule has 5 nitrogen and oxygen atoms in total. The largest absolute Gasteiger partial charge is 0.539 e. The fourth-order valence-electron chi connectivity index (χ4n) is 1.20. The Labute approximate surface area is 108 Å². The Bertz CT molecular complexity index is 466. The van der Waals surface area contributed by atoms with E-state index >= 15 is 0 Å². The van der Waals surface area contributed by atoms with E-state index in [1.807, 2.05) is 33.9 Å². The fraction of sp³-hybridized carbons (Fsp3) is 0.500. The van der Waals surface area contributed by atoms with E-state index in [1.54, 1.807) is 6.07 Å². The van der Waals surface area contributed by atoms with Crippen LogP contribution in [0.15, 0.2) is 18.2 Å². The van der Waals surface area contributed by atoms with Gasteiger partial charge in [-0.1, -0.05) is 26.8 Å². The number of aromatic hydroxyl groups is 1. The molecule has 100 valence electrons. The lowest BCUT2D eigenvalue weighted by Crippen LogP contribution is -2.44. The van der Waals surface area contributed by atoms with Crippen LogP contribution in [0, 0.1) is 10.1 Å². The van der Waals surface area contributed by atoms with Crippen LogP contribution in [-0.2, 0) is 0 Å². The highest BCUT2D eigenvalue weighted by atomic mass is 28.4. The van der Waals surface area contributed by atoms with Gasteiger partial charge in [0.2, 0.25) is 0 Å². The maximum atomic E-state index is 11.0. The van der Waals surface area contributed by atoms with Crippen LogP contribution < -0.4 is 4.43 Å². The molecule has 0 fully saturated rings. The lowest BCUT2D eigenvalue weighted by Gasteiger charge is -2.36. The van der Waals surface area contributed by atoms with Crippen molar-refractivity contribution in [3.05, 3.63) is 28.3 Å². The molecular weight excluding hydrogens is 250 g/mol. The summed E-state index contributed by atoms with van der Waals surface area (Å²) in [6.45, 7) is 10.1. The first-order valence-corrected chi connectivity index (χ1v) is 8.62. The van der Waals surface area contributed by atoms with Gasteiger partial charge in [0.15, 0.2) is 11.5 Å². The first-order valence-electron chi connectivity index (χ1n) is 5.71. The number of nitrogens with zero attached hydrogens (tertiary/aromatic N) is 1. The van der Waals surface area contributed by atoms with E-state index in [9.17, 15) is 15.2 Å². The molecule has 0 aliphatic carbocycles. The molecule has 0 amide bonds. The third-order valence-electron chi connectivity index (χ3n) is 3.33. The molecule has 0 saturated heterocycles. The predicted molar refractivity (Wildman–Crippen MR) is 72.6 cm³/mol. The minimum atomic E-state index is -2.16. The molecule has 0 unspecified atom stereocenters. The lowest BCUT2D eigenvalue weighted by molar-refractivity contribution is -0.386. The molecule has 1 rings (SSSR count). The van der Waals surface area contributed by atoms with Crippen molar-refractivity contribution < 1.29 is 14.5 Å². The molecule has 1 N–H and O–H groups in total. The summed E-state index contributed by atoms with van der Waals surface area (Å²) in [6.07, 6.45) is 0. The highest BCUT2D eigenvalue weighted by molar-refractivity contribution is 6.74. The standard InChI is InChI=1S/C12H19NO4Si/c1-12(2,3)18(4,5)17-10-8-6-7-9(14)11(10)13(15)16/h6-8,14H,1-5H3. The monoisotopic (exact) mass is 269 g/mol. The van der Waals surface area contributed by atoms with E-state index in [2.05, 4.69) is 0 Å². The molecule has 1 aromatic rings. The first-order chi connectivity index (χ1) is 8.06. The molecule has 6 heteroatoms. The van der Waals surface area contributed by atoms with Gasteiger partial charge in [-0.2, -0.15) is 0 Å². The molecule has 0 spiro atoms. The summed E-state index contributed by atoms with van der Waals surface area (Å²) >= 11 is 0. The quantitative estimate of drug-likeness (QED) is 0.516. The topological polar surface area (TPSA) is 72.6 Å². The number of phenols is 1. The van der Waals surface area contributed by atoms with Crippen molar-refractivity contribution in [3.8, 4) is 11.5 Å². The van der Waals surface area contributed by atoms with Crippen LogP contribution in [0.3, 0.4) is 0 Å². The number of nitro benzene ring substituents is 1. The Hall–Kier alpha value is -1.56. The van der Waals surface area contributed by atoms with Crippen LogP contribution in [0.4, 0.5) is 5.69 Å². The van der Waals surface area contributed by atoms with E-state index in [1.165, 1.54) is 12.1 Å². The van der Waals surface area contributed by atoms with Crippen LogP contribution in [-0.4, -0.2) is 18.3 Å². The van der Waals surface area contributed by atoms with E-state index in [-0.39, 0.29) is 22.2 Å². The molecule has 0 saturated carbocycles. The second-order valence-corrected chi connectivity index (χ2v) is 10.5. The number of para-hydroxylation sites is 1.